The molecule has 0 saturated carbocycles. The molecule has 0 aliphatic carbocycles. The average molecular weight is 387 g/mol. The second-order valence-corrected chi connectivity index (χ2v) is 7.05. The van der Waals surface area contributed by atoms with Gasteiger partial charge in [0.25, 0.3) is 11.6 Å². The van der Waals surface area contributed by atoms with Gasteiger partial charge in [-0.05, 0) is 23.6 Å². The predicted molar refractivity (Wildman–Crippen MR) is 95.2 cm³/mol. The number of carbonyl (C=O) groups excluding carboxylic acids is 1. The van der Waals surface area contributed by atoms with Gasteiger partial charge in [0.15, 0.2) is 6.61 Å². The first-order valence-corrected chi connectivity index (χ1v) is 9.06. The van der Waals surface area contributed by atoms with E-state index in [0.717, 1.165) is 10.3 Å². The van der Waals surface area contributed by atoms with E-state index in [1.165, 1.54) is 34.8 Å². The molecule has 0 spiro atoms. The van der Waals surface area contributed by atoms with Crippen LogP contribution in [-0.4, -0.2) is 21.0 Å². The maximum absolute atomic E-state index is 12.2. The lowest BCUT2D eigenvalue weighted by molar-refractivity contribution is -0.384. The van der Waals surface area contributed by atoms with E-state index in [9.17, 15) is 14.9 Å². The lowest BCUT2D eigenvalue weighted by Gasteiger charge is -1.98. The molecule has 8 nitrogen and oxygen atoms in total. The Morgan fingerprint density at radius 1 is 1.31 bits per heavy atom. The van der Waals surface area contributed by atoms with Crippen molar-refractivity contribution in [1.82, 2.24) is 10.1 Å². The van der Waals surface area contributed by atoms with E-state index in [-0.39, 0.29) is 18.2 Å². The van der Waals surface area contributed by atoms with Gasteiger partial charge in [0.1, 0.15) is 4.88 Å². The summed E-state index contributed by atoms with van der Waals surface area (Å²) in [4.78, 5) is 27.1. The Hall–Kier alpha value is -3.11. The van der Waals surface area contributed by atoms with Crippen molar-refractivity contribution < 1.29 is 19.0 Å². The summed E-state index contributed by atoms with van der Waals surface area (Å²) in [6.07, 6.45) is 0. The van der Waals surface area contributed by atoms with Crippen LogP contribution in [0.15, 0.2) is 45.6 Å². The number of hydrogen-bond acceptors (Lipinski definition) is 9. The largest absolute Gasteiger partial charge is 0.451 e. The highest BCUT2D eigenvalue weighted by Crippen LogP contribution is 2.29. The van der Waals surface area contributed by atoms with Gasteiger partial charge in [0, 0.05) is 33.2 Å². The van der Waals surface area contributed by atoms with Crippen LogP contribution in [0, 0.1) is 10.1 Å². The maximum Gasteiger partial charge on any atom is 0.348 e. The van der Waals surface area contributed by atoms with E-state index in [0.29, 0.717) is 16.1 Å². The third-order valence-corrected chi connectivity index (χ3v) is 5.27. The van der Waals surface area contributed by atoms with E-state index in [1.54, 1.807) is 12.1 Å². The molecule has 0 N–H and O–H groups in total. The smallest absolute Gasteiger partial charge is 0.348 e. The predicted octanol–water partition coefficient (Wildman–Crippen LogP) is 4.28. The van der Waals surface area contributed by atoms with Crippen LogP contribution in [0.25, 0.3) is 21.5 Å². The van der Waals surface area contributed by atoms with Crippen LogP contribution in [0.2, 0.25) is 0 Å². The highest BCUT2D eigenvalue weighted by molar-refractivity contribution is 7.20. The number of thiophene rings is 2. The third kappa shape index (κ3) is 3.19. The van der Waals surface area contributed by atoms with Gasteiger partial charge in [0.2, 0.25) is 5.82 Å². The first-order valence-electron chi connectivity index (χ1n) is 7.30. The summed E-state index contributed by atoms with van der Waals surface area (Å²) in [5.41, 5.74) is 0.810. The van der Waals surface area contributed by atoms with Crippen LogP contribution in [0.4, 0.5) is 5.69 Å². The molecule has 0 amide bonds. The second kappa shape index (κ2) is 6.65. The molecule has 0 radical (unpaired) electrons. The van der Waals surface area contributed by atoms with Gasteiger partial charge < -0.3 is 9.26 Å². The van der Waals surface area contributed by atoms with E-state index >= 15 is 0 Å². The Labute approximate surface area is 153 Å². The number of nitro groups is 1. The fourth-order valence-corrected chi connectivity index (χ4v) is 3.84. The number of ether oxygens (including phenoxy) is 1. The average Bonchev–Trinajstić information content (AvgIpc) is 3.38. The summed E-state index contributed by atoms with van der Waals surface area (Å²) in [6.45, 7) is -0.148. The molecular weight excluding hydrogens is 378 g/mol. The molecule has 0 saturated heterocycles. The van der Waals surface area contributed by atoms with Crippen LogP contribution < -0.4 is 0 Å². The zero-order valence-electron chi connectivity index (χ0n) is 12.9. The Morgan fingerprint density at radius 2 is 2.19 bits per heavy atom. The molecule has 4 aromatic rings. The van der Waals surface area contributed by atoms with E-state index < -0.39 is 10.9 Å². The van der Waals surface area contributed by atoms with Crippen LogP contribution in [0.5, 0.6) is 0 Å². The van der Waals surface area contributed by atoms with Crippen molar-refractivity contribution >= 4 is 44.4 Å². The second-order valence-electron chi connectivity index (χ2n) is 5.19. The van der Waals surface area contributed by atoms with Gasteiger partial charge in [0.05, 0.1) is 4.92 Å². The highest BCUT2D eigenvalue weighted by atomic mass is 32.1. The molecule has 0 fully saturated rings. The Bertz CT molecular complexity index is 1100. The van der Waals surface area contributed by atoms with Gasteiger partial charge >= 0.3 is 5.97 Å². The molecule has 0 unspecified atom stereocenters. The molecule has 10 heteroatoms. The summed E-state index contributed by atoms with van der Waals surface area (Å²) in [5.74, 6) is 0.0758. The number of non-ortho nitro benzene ring substituents is 1. The van der Waals surface area contributed by atoms with Crippen molar-refractivity contribution in [3.8, 4) is 11.4 Å². The monoisotopic (exact) mass is 387 g/mol. The molecule has 4 rings (SSSR count). The summed E-state index contributed by atoms with van der Waals surface area (Å²) >= 11 is 2.72. The van der Waals surface area contributed by atoms with Crippen LogP contribution >= 0.6 is 22.7 Å². The first kappa shape index (κ1) is 16.4. The lowest BCUT2D eigenvalue weighted by Crippen LogP contribution is -2.03. The fraction of sp³-hybridized carbons (Fsp3) is 0.0625. The topological polar surface area (TPSA) is 108 Å². The lowest BCUT2D eigenvalue weighted by atomic mass is 10.2. The maximum atomic E-state index is 12.2. The Balaban J connectivity index is 1.46. The number of esters is 1. The van der Waals surface area contributed by atoms with Gasteiger partial charge in [-0.2, -0.15) is 16.3 Å². The fourth-order valence-electron chi connectivity index (χ4n) is 2.27. The minimum Gasteiger partial charge on any atom is -0.451 e. The van der Waals surface area contributed by atoms with Gasteiger partial charge in [-0.15, -0.1) is 11.3 Å². The van der Waals surface area contributed by atoms with E-state index in [1.807, 2.05) is 16.8 Å². The number of aromatic nitrogens is 2. The van der Waals surface area contributed by atoms with Crippen LogP contribution in [0.1, 0.15) is 15.6 Å². The minimum atomic E-state index is -0.552. The Morgan fingerprint density at radius 3 is 2.96 bits per heavy atom. The van der Waals surface area contributed by atoms with Crippen molar-refractivity contribution in [2.24, 2.45) is 0 Å². The molecule has 130 valence electrons. The third-order valence-electron chi connectivity index (χ3n) is 3.49. The molecule has 0 bridgehead atoms. The molecular formula is C16H9N3O5S2. The minimum absolute atomic E-state index is 0.0259. The summed E-state index contributed by atoms with van der Waals surface area (Å²) in [6, 6.07) is 7.87. The molecule has 1 aromatic carbocycles. The molecule has 3 aromatic heterocycles. The summed E-state index contributed by atoms with van der Waals surface area (Å²) < 4.78 is 11.0. The zero-order chi connectivity index (χ0) is 18.1. The van der Waals surface area contributed by atoms with E-state index in [2.05, 4.69) is 10.1 Å². The number of fused-ring (bicyclic) bond motifs is 1. The summed E-state index contributed by atoms with van der Waals surface area (Å²) in [5, 5.41) is 19.1. The highest BCUT2D eigenvalue weighted by Gasteiger charge is 2.16. The standard InChI is InChI=1S/C16H9N3O5S2/c20-16(13-6-10-5-11(19(21)22)1-2-12(10)26-13)23-7-14-17-15(18-24-14)9-3-4-25-8-9/h1-6,8H,7H2. The SMILES string of the molecule is O=C(OCc1nc(-c2ccsc2)no1)c1cc2cc([N+](=O)[O-])ccc2s1. The molecule has 3 heterocycles. The number of carbonyl (C=O) groups is 1. The van der Waals surface area contributed by atoms with Gasteiger partial charge in [-0.25, -0.2) is 4.79 Å². The molecule has 26 heavy (non-hydrogen) atoms. The number of rotatable bonds is 5. The van der Waals surface area contributed by atoms with Crippen LogP contribution in [0.3, 0.4) is 0 Å². The number of benzene rings is 1. The normalized spacial score (nSPS) is 10.9. The van der Waals surface area contributed by atoms with Crippen molar-refractivity contribution in [1.29, 1.82) is 0 Å². The quantitative estimate of drug-likeness (QED) is 0.286. The zero-order valence-corrected chi connectivity index (χ0v) is 14.6. The molecule has 0 atom stereocenters. The van der Waals surface area contributed by atoms with Crippen molar-refractivity contribution in [3.05, 3.63) is 62.0 Å². The van der Waals surface area contributed by atoms with Gasteiger partial charge in [-0.1, -0.05) is 5.16 Å². The number of nitrogens with zero attached hydrogens (tertiary/aromatic N) is 3. The number of hydrogen-bond donors (Lipinski definition) is 0. The molecule has 0 aliphatic rings. The van der Waals surface area contributed by atoms with E-state index in [4.69, 9.17) is 9.26 Å². The first-order chi connectivity index (χ1) is 12.6. The van der Waals surface area contributed by atoms with Gasteiger partial charge in [-0.3, -0.25) is 10.1 Å². The Kier molecular flexibility index (Phi) is 4.19. The molecule has 0 aliphatic heterocycles. The van der Waals surface area contributed by atoms with Crippen LogP contribution in [-0.2, 0) is 11.3 Å². The van der Waals surface area contributed by atoms with Crippen molar-refractivity contribution in [3.63, 3.8) is 0 Å². The van der Waals surface area contributed by atoms with Crippen molar-refractivity contribution in [2.45, 2.75) is 6.61 Å². The van der Waals surface area contributed by atoms with Crippen molar-refractivity contribution in [2.75, 3.05) is 0 Å². The summed E-state index contributed by atoms with van der Waals surface area (Å²) in [7, 11) is 0. The number of nitro benzene ring substituents is 1.